The van der Waals surface area contributed by atoms with E-state index in [1.165, 1.54) is 0 Å². The molecule has 142 valence electrons. The molecule has 8 heteroatoms. The maximum Gasteiger partial charge on any atom is 0.224 e. The molecule has 1 unspecified atom stereocenters. The van der Waals surface area contributed by atoms with Crippen LogP contribution < -0.4 is 5.32 Å². The zero-order chi connectivity index (χ0) is 17.7. The maximum atomic E-state index is 12.6. The van der Waals surface area contributed by atoms with Crippen LogP contribution in [0.2, 0.25) is 5.02 Å². The minimum Gasteiger partial charge on any atom is -0.333 e. The zero-order valence-corrected chi connectivity index (χ0v) is 17.0. The highest BCUT2D eigenvalue weighted by atomic mass is 35.5. The van der Waals surface area contributed by atoms with Crippen LogP contribution in [0.25, 0.3) is 0 Å². The Balaban J connectivity index is 0.00000312. The standard InChI is InChI=1S/C17H25ClN2O3S.ClH/c1-13(2)12-24(22,23)10-7-17(21)20-9-8-19-11-16(20)14-5-3-4-6-15(14)18;/h3-6,13,16,19H,7-12H2,1-2H3;1H. The summed E-state index contributed by atoms with van der Waals surface area (Å²) in [5.74, 6) is -0.0344. The molecule has 0 spiro atoms. The van der Waals surface area contributed by atoms with Crippen molar-refractivity contribution in [3.63, 3.8) is 0 Å². The molecule has 1 heterocycles. The van der Waals surface area contributed by atoms with Crippen LogP contribution in [-0.2, 0) is 14.6 Å². The number of benzene rings is 1. The van der Waals surface area contributed by atoms with Crippen LogP contribution in [0.15, 0.2) is 24.3 Å². The van der Waals surface area contributed by atoms with E-state index in [1.54, 1.807) is 11.0 Å². The predicted octanol–water partition coefficient (Wildman–Crippen LogP) is 2.70. The van der Waals surface area contributed by atoms with Gasteiger partial charge in [-0.05, 0) is 17.5 Å². The number of hydrogen-bond donors (Lipinski definition) is 1. The Hall–Kier alpha value is -0.820. The van der Waals surface area contributed by atoms with E-state index in [-0.39, 0.29) is 48.2 Å². The molecule has 0 aromatic heterocycles. The van der Waals surface area contributed by atoms with E-state index in [0.29, 0.717) is 24.7 Å². The van der Waals surface area contributed by atoms with Crippen molar-refractivity contribution >= 4 is 39.8 Å². The van der Waals surface area contributed by atoms with E-state index in [2.05, 4.69) is 5.32 Å². The van der Waals surface area contributed by atoms with Crippen LogP contribution >= 0.6 is 24.0 Å². The van der Waals surface area contributed by atoms with Crippen LogP contribution in [0.5, 0.6) is 0 Å². The number of sulfone groups is 1. The van der Waals surface area contributed by atoms with Crippen LogP contribution in [0, 0.1) is 5.92 Å². The Morgan fingerprint density at radius 3 is 2.68 bits per heavy atom. The molecule has 0 saturated carbocycles. The summed E-state index contributed by atoms with van der Waals surface area (Å²) < 4.78 is 24.1. The fraction of sp³-hybridized carbons (Fsp3) is 0.588. The van der Waals surface area contributed by atoms with Crippen molar-refractivity contribution in [2.24, 2.45) is 5.92 Å². The average Bonchev–Trinajstić information content (AvgIpc) is 2.52. The molecule has 1 aliphatic heterocycles. The third kappa shape index (κ3) is 6.44. The molecule has 1 fully saturated rings. The molecule has 1 aliphatic rings. The second-order valence-electron chi connectivity index (χ2n) is 6.59. The van der Waals surface area contributed by atoms with Crippen LogP contribution in [0.3, 0.4) is 0 Å². The lowest BCUT2D eigenvalue weighted by molar-refractivity contribution is -0.134. The molecule has 0 radical (unpaired) electrons. The lowest BCUT2D eigenvalue weighted by Crippen LogP contribution is -2.49. The van der Waals surface area contributed by atoms with Gasteiger partial charge in [-0.2, -0.15) is 0 Å². The van der Waals surface area contributed by atoms with Crippen molar-refractivity contribution in [2.45, 2.75) is 26.3 Å². The van der Waals surface area contributed by atoms with Crippen molar-refractivity contribution in [3.8, 4) is 0 Å². The topological polar surface area (TPSA) is 66.5 Å². The minimum atomic E-state index is -3.19. The highest BCUT2D eigenvalue weighted by Crippen LogP contribution is 2.28. The Morgan fingerprint density at radius 1 is 1.36 bits per heavy atom. The van der Waals surface area contributed by atoms with Crippen LogP contribution in [0.4, 0.5) is 0 Å². The van der Waals surface area contributed by atoms with Crippen molar-refractivity contribution < 1.29 is 13.2 Å². The molecule has 0 aliphatic carbocycles. The molecule has 1 amide bonds. The Kier molecular flexibility index (Phi) is 8.68. The first-order chi connectivity index (χ1) is 11.3. The highest BCUT2D eigenvalue weighted by Gasteiger charge is 2.29. The molecule has 1 N–H and O–H groups in total. The summed E-state index contributed by atoms with van der Waals surface area (Å²) >= 11 is 6.27. The van der Waals surface area contributed by atoms with Gasteiger partial charge in [0, 0.05) is 31.1 Å². The summed E-state index contributed by atoms with van der Waals surface area (Å²) in [4.78, 5) is 14.4. The maximum absolute atomic E-state index is 12.6. The summed E-state index contributed by atoms with van der Waals surface area (Å²) in [7, 11) is -3.19. The summed E-state index contributed by atoms with van der Waals surface area (Å²) in [6.07, 6.45) is 0.0238. The van der Waals surface area contributed by atoms with Gasteiger partial charge in [-0.3, -0.25) is 4.79 Å². The van der Waals surface area contributed by atoms with Gasteiger partial charge in [0.2, 0.25) is 5.91 Å². The smallest absolute Gasteiger partial charge is 0.224 e. The van der Waals surface area contributed by atoms with Gasteiger partial charge < -0.3 is 10.2 Å². The van der Waals surface area contributed by atoms with E-state index in [9.17, 15) is 13.2 Å². The molecule has 1 aromatic carbocycles. The van der Waals surface area contributed by atoms with Gasteiger partial charge in [0.15, 0.2) is 9.84 Å². The third-order valence-electron chi connectivity index (χ3n) is 4.04. The lowest BCUT2D eigenvalue weighted by atomic mass is 10.0. The summed E-state index contributed by atoms with van der Waals surface area (Å²) in [5.41, 5.74) is 0.893. The van der Waals surface area contributed by atoms with Crippen molar-refractivity contribution in [1.29, 1.82) is 0 Å². The van der Waals surface area contributed by atoms with Crippen LogP contribution in [-0.4, -0.2) is 50.4 Å². The molecular weight excluding hydrogens is 383 g/mol. The molecule has 1 saturated heterocycles. The van der Waals surface area contributed by atoms with E-state index >= 15 is 0 Å². The fourth-order valence-corrected chi connectivity index (χ4v) is 4.93. The Bertz CT molecular complexity index is 680. The average molecular weight is 409 g/mol. The van der Waals surface area contributed by atoms with Crippen LogP contribution in [0.1, 0.15) is 31.9 Å². The van der Waals surface area contributed by atoms with Gasteiger partial charge in [-0.15, -0.1) is 12.4 Å². The lowest BCUT2D eigenvalue weighted by Gasteiger charge is -2.37. The molecule has 0 bridgehead atoms. The fourth-order valence-electron chi connectivity index (χ4n) is 3.00. The van der Waals surface area contributed by atoms with E-state index in [1.807, 2.05) is 32.0 Å². The van der Waals surface area contributed by atoms with Gasteiger partial charge in [-0.1, -0.05) is 43.6 Å². The number of rotatable bonds is 6. The first kappa shape index (κ1) is 22.2. The zero-order valence-electron chi connectivity index (χ0n) is 14.6. The molecular formula is C17H26Cl2N2O3S. The molecule has 2 rings (SSSR count). The monoisotopic (exact) mass is 408 g/mol. The Morgan fingerprint density at radius 2 is 2.04 bits per heavy atom. The van der Waals surface area contributed by atoms with E-state index < -0.39 is 9.84 Å². The summed E-state index contributed by atoms with van der Waals surface area (Å²) in [6.45, 7) is 5.60. The predicted molar refractivity (Wildman–Crippen MR) is 104 cm³/mol. The first-order valence-electron chi connectivity index (χ1n) is 8.25. The molecule has 25 heavy (non-hydrogen) atoms. The molecule has 5 nitrogen and oxygen atoms in total. The normalized spacial score (nSPS) is 18.1. The summed E-state index contributed by atoms with van der Waals surface area (Å²) in [5, 5.41) is 3.89. The number of amides is 1. The second kappa shape index (κ2) is 9.76. The van der Waals surface area contributed by atoms with Crippen molar-refractivity contribution in [2.75, 3.05) is 31.1 Å². The van der Waals surface area contributed by atoms with E-state index in [4.69, 9.17) is 11.6 Å². The number of hydrogen-bond acceptors (Lipinski definition) is 4. The van der Waals surface area contributed by atoms with E-state index in [0.717, 1.165) is 5.56 Å². The molecule has 1 aromatic rings. The minimum absolute atomic E-state index is 0. The quantitative estimate of drug-likeness (QED) is 0.785. The number of piperazine rings is 1. The van der Waals surface area contributed by atoms with Crippen molar-refractivity contribution in [1.82, 2.24) is 10.2 Å². The third-order valence-corrected chi connectivity index (χ3v) is 6.39. The largest absolute Gasteiger partial charge is 0.333 e. The number of nitrogens with one attached hydrogen (secondary N) is 1. The summed E-state index contributed by atoms with van der Waals surface area (Å²) in [6, 6.07) is 7.31. The highest BCUT2D eigenvalue weighted by molar-refractivity contribution is 7.91. The van der Waals surface area contributed by atoms with Gasteiger partial charge in [-0.25, -0.2) is 8.42 Å². The number of halogens is 2. The number of nitrogens with zero attached hydrogens (tertiary/aromatic N) is 1. The number of carbonyl (C=O) groups is 1. The van der Waals surface area contributed by atoms with Gasteiger partial charge in [0.1, 0.15) is 0 Å². The molecule has 1 atom stereocenters. The van der Waals surface area contributed by atoms with Gasteiger partial charge >= 0.3 is 0 Å². The SMILES string of the molecule is CC(C)CS(=O)(=O)CCC(=O)N1CCNCC1c1ccccc1Cl.Cl. The first-order valence-corrected chi connectivity index (χ1v) is 10.4. The Labute approximate surface area is 161 Å². The number of carbonyl (C=O) groups excluding carboxylic acids is 1. The van der Waals surface area contributed by atoms with Crippen molar-refractivity contribution in [3.05, 3.63) is 34.9 Å². The second-order valence-corrected chi connectivity index (χ2v) is 9.22. The van der Waals surface area contributed by atoms with Gasteiger partial charge in [0.25, 0.3) is 0 Å². The van der Waals surface area contributed by atoms with Gasteiger partial charge in [0.05, 0.1) is 17.5 Å².